The Morgan fingerprint density at radius 2 is 2.17 bits per heavy atom. The van der Waals surface area contributed by atoms with E-state index < -0.39 is 0 Å². The molecule has 5 heteroatoms. The van der Waals surface area contributed by atoms with Gasteiger partial charge < -0.3 is 15.4 Å². The predicted octanol–water partition coefficient (Wildman–Crippen LogP) is 2.78. The summed E-state index contributed by atoms with van der Waals surface area (Å²) in [4.78, 5) is 2.08. The van der Waals surface area contributed by atoms with Crippen molar-refractivity contribution >= 4 is 0 Å². The van der Waals surface area contributed by atoms with Crippen molar-refractivity contribution in [2.24, 2.45) is 5.73 Å². The van der Waals surface area contributed by atoms with Crippen molar-refractivity contribution in [1.29, 1.82) is 5.26 Å². The molecule has 0 spiro atoms. The van der Waals surface area contributed by atoms with E-state index in [0.717, 1.165) is 12.0 Å². The first-order chi connectivity index (χ1) is 11.0. The molecule has 1 heterocycles. The SMILES string of the molecule is CN(C)C1C=C2OC(N)=C(C#N)C(c3cccc(F)c3)C2=CC1. The third-order valence-electron chi connectivity index (χ3n) is 4.26. The Labute approximate surface area is 135 Å². The first-order valence-corrected chi connectivity index (χ1v) is 7.43. The average molecular weight is 311 g/mol. The number of benzene rings is 1. The molecule has 1 aliphatic heterocycles. The van der Waals surface area contributed by atoms with Crippen molar-refractivity contribution in [2.75, 3.05) is 14.1 Å². The summed E-state index contributed by atoms with van der Waals surface area (Å²) in [5, 5.41) is 9.48. The van der Waals surface area contributed by atoms with Gasteiger partial charge in [0.15, 0.2) is 0 Å². The second-order valence-electron chi connectivity index (χ2n) is 5.94. The highest BCUT2D eigenvalue weighted by Gasteiger charge is 2.35. The number of hydrogen-bond acceptors (Lipinski definition) is 4. The van der Waals surface area contributed by atoms with Gasteiger partial charge in [-0.1, -0.05) is 18.2 Å². The van der Waals surface area contributed by atoms with Gasteiger partial charge in [0.1, 0.15) is 23.2 Å². The van der Waals surface area contributed by atoms with Crippen LogP contribution in [-0.2, 0) is 4.74 Å². The van der Waals surface area contributed by atoms with Crippen LogP contribution >= 0.6 is 0 Å². The molecule has 3 rings (SSSR count). The molecule has 4 nitrogen and oxygen atoms in total. The molecule has 0 amide bonds. The average Bonchev–Trinajstić information content (AvgIpc) is 2.52. The number of hydrogen-bond donors (Lipinski definition) is 1. The highest BCUT2D eigenvalue weighted by molar-refractivity contribution is 5.54. The number of ether oxygens (including phenoxy) is 1. The normalized spacial score (nSPS) is 23.6. The molecule has 0 bridgehead atoms. The first kappa shape index (κ1) is 15.3. The van der Waals surface area contributed by atoms with Crippen molar-refractivity contribution in [3.05, 3.63) is 70.6 Å². The molecule has 1 aromatic rings. The Bertz CT molecular complexity index is 771. The summed E-state index contributed by atoms with van der Waals surface area (Å²) in [6, 6.07) is 8.60. The van der Waals surface area contributed by atoms with E-state index in [-0.39, 0.29) is 23.7 Å². The van der Waals surface area contributed by atoms with E-state index in [9.17, 15) is 9.65 Å². The van der Waals surface area contributed by atoms with Gasteiger partial charge in [0.05, 0.1) is 5.92 Å². The van der Waals surface area contributed by atoms with E-state index >= 15 is 0 Å². The topological polar surface area (TPSA) is 62.3 Å². The van der Waals surface area contributed by atoms with Crippen LogP contribution in [0.1, 0.15) is 17.9 Å². The standard InChI is InChI=1S/C18H18FN3O/c1-22(2)13-6-7-14-16(9-13)23-18(21)15(10-20)17(14)11-4-3-5-12(19)8-11/h3-5,7-9,13,17H,6,21H2,1-2H3. The molecule has 1 aliphatic carbocycles. The van der Waals surface area contributed by atoms with Crippen LogP contribution in [0.25, 0.3) is 0 Å². The summed E-state index contributed by atoms with van der Waals surface area (Å²) >= 11 is 0. The third-order valence-corrected chi connectivity index (χ3v) is 4.26. The van der Waals surface area contributed by atoms with E-state index in [4.69, 9.17) is 10.5 Å². The van der Waals surface area contributed by atoms with Crippen LogP contribution in [0.3, 0.4) is 0 Å². The minimum atomic E-state index is -0.390. The van der Waals surface area contributed by atoms with Crippen molar-refractivity contribution in [1.82, 2.24) is 4.90 Å². The second kappa shape index (κ2) is 5.90. The highest BCUT2D eigenvalue weighted by atomic mass is 19.1. The van der Waals surface area contributed by atoms with Crippen molar-refractivity contribution in [2.45, 2.75) is 18.4 Å². The van der Waals surface area contributed by atoms with Crippen LogP contribution in [0.5, 0.6) is 0 Å². The molecule has 2 N–H and O–H groups in total. The van der Waals surface area contributed by atoms with Crippen LogP contribution in [-0.4, -0.2) is 25.0 Å². The minimum Gasteiger partial charge on any atom is -0.440 e. The fourth-order valence-electron chi connectivity index (χ4n) is 3.02. The van der Waals surface area contributed by atoms with Gasteiger partial charge in [-0.15, -0.1) is 0 Å². The van der Waals surface area contributed by atoms with E-state index in [1.54, 1.807) is 12.1 Å². The largest absolute Gasteiger partial charge is 0.440 e. The first-order valence-electron chi connectivity index (χ1n) is 7.43. The van der Waals surface area contributed by atoms with E-state index in [0.29, 0.717) is 16.9 Å². The number of nitrogens with two attached hydrogens (primary N) is 1. The fourth-order valence-corrected chi connectivity index (χ4v) is 3.02. The molecular weight excluding hydrogens is 293 g/mol. The zero-order valence-electron chi connectivity index (χ0n) is 13.1. The maximum absolute atomic E-state index is 13.6. The molecule has 2 atom stereocenters. The highest BCUT2D eigenvalue weighted by Crippen LogP contribution is 2.43. The van der Waals surface area contributed by atoms with Gasteiger partial charge in [0, 0.05) is 11.6 Å². The summed E-state index contributed by atoms with van der Waals surface area (Å²) in [5.41, 5.74) is 7.84. The molecule has 118 valence electrons. The molecule has 2 aliphatic rings. The quantitative estimate of drug-likeness (QED) is 0.912. The van der Waals surface area contributed by atoms with Crippen LogP contribution in [0.4, 0.5) is 4.39 Å². The fraction of sp³-hybridized carbons (Fsp3) is 0.278. The molecule has 0 fully saturated rings. The number of nitriles is 1. The van der Waals surface area contributed by atoms with Crippen molar-refractivity contribution < 1.29 is 9.13 Å². The van der Waals surface area contributed by atoms with Crippen molar-refractivity contribution in [3.8, 4) is 6.07 Å². The lowest BCUT2D eigenvalue weighted by atomic mass is 9.80. The van der Waals surface area contributed by atoms with E-state index in [2.05, 4.69) is 17.0 Å². The number of fused-ring (bicyclic) bond motifs is 1. The zero-order chi connectivity index (χ0) is 16.6. The summed E-state index contributed by atoms with van der Waals surface area (Å²) in [6.07, 6.45) is 4.86. The Morgan fingerprint density at radius 1 is 1.39 bits per heavy atom. The Morgan fingerprint density at radius 3 is 2.83 bits per heavy atom. The van der Waals surface area contributed by atoms with E-state index in [1.807, 2.05) is 20.2 Å². The Balaban J connectivity index is 2.11. The number of likely N-dealkylation sites (N-methyl/N-ethyl adjacent to an activating group) is 1. The molecule has 2 unspecified atom stereocenters. The molecule has 0 saturated heterocycles. The molecular formula is C18H18FN3O. The molecule has 23 heavy (non-hydrogen) atoms. The maximum Gasteiger partial charge on any atom is 0.205 e. The van der Waals surface area contributed by atoms with Gasteiger partial charge in [-0.3, -0.25) is 0 Å². The monoisotopic (exact) mass is 311 g/mol. The maximum atomic E-state index is 13.6. The summed E-state index contributed by atoms with van der Waals surface area (Å²) in [7, 11) is 3.99. The second-order valence-corrected chi connectivity index (χ2v) is 5.94. The lowest BCUT2D eigenvalue weighted by Gasteiger charge is -2.33. The van der Waals surface area contributed by atoms with Gasteiger partial charge >= 0.3 is 0 Å². The number of halogens is 1. The summed E-state index contributed by atoms with van der Waals surface area (Å²) < 4.78 is 19.3. The Hall–Kier alpha value is -2.58. The summed E-state index contributed by atoms with van der Waals surface area (Å²) in [6.45, 7) is 0. The van der Waals surface area contributed by atoms with Gasteiger partial charge in [0.25, 0.3) is 0 Å². The zero-order valence-corrected chi connectivity index (χ0v) is 13.1. The molecule has 0 saturated carbocycles. The third kappa shape index (κ3) is 2.73. The van der Waals surface area contributed by atoms with E-state index in [1.165, 1.54) is 12.1 Å². The van der Waals surface area contributed by atoms with Crippen LogP contribution in [0.2, 0.25) is 0 Å². The van der Waals surface area contributed by atoms with Gasteiger partial charge in [0.2, 0.25) is 5.88 Å². The molecule has 0 aromatic heterocycles. The van der Waals surface area contributed by atoms with Crippen LogP contribution in [0, 0.1) is 17.1 Å². The number of rotatable bonds is 2. The van der Waals surface area contributed by atoms with Gasteiger partial charge in [-0.05, 0) is 44.3 Å². The minimum absolute atomic E-state index is 0.0876. The number of allylic oxidation sites excluding steroid dienone is 2. The lowest BCUT2D eigenvalue weighted by molar-refractivity contribution is 0.266. The van der Waals surface area contributed by atoms with Crippen LogP contribution in [0.15, 0.2) is 59.2 Å². The summed E-state index contributed by atoms with van der Waals surface area (Å²) in [5.74, 6) is 0.0158. The number of nitrogens with zero attached hydrogens (tertiary/aromatic N) is 2. The van der Waals surface area contributed by atoms with Gasteiger partial charge in [-0.2, -0.15) is 5.26 Å². The lowest BCUT2D eigenvalue weighted by Crippen LogP contribution is -2.31. The Kier molecular flexibility index (Phi) is 3.93. The molecule has 0 radical (unpaired) electrons. The van der Waals surface area contributed by atoms with Gasteiger partial charge in [-0.25, -0.2) is 4.39 Å². The molecule has 1 aromatic carbocycles. The smallest absolute Gasteiger partial charge is 0.205 e. The predicted molar refractivity (Wildman–Crippen MR) is 85.3 cm³/mol. The van der Waals surface area contributed by atoms with Crippen molar-refractivity contribution in [3.63, 3.8) is 0 Å². The van der Waals surface area contributed by atoms with Crippen LogP contribution < -0.4 is 5.73 Å².